The first kappa shape index (κ1) is 16.0. The fourth-order valence-corrected chi connectivity index (χ4v) is 1.82. The van der Waals surface area contributed by atoms with Crippen molar-refractivity contribution in [2.75, 3.05) is 5.73 Å². The van der Waals surface area contributed by atoms with Crippen LogP contribution in [0.5, 0.6) is 5.75 Å². The maximum Gasteiger partial charge on any atom is 0.573 e. The summed E-state index contributed by atoms with van der Waals surface area (Å²) in [7, 11) is 0. The zero-order valence-corrected chi connectivity index (χ0v) is 10.8. The number of rotatable bonds is 2. The molecule has 0 unspecified atom stereocenters. The maximum atomic E-state index is 12.6. The second-order valence-corrected chi connectivity index (χ2v) is 4.38. The van der Waals surface area contributed by atoms with Gasteiger partial charge in [0.25, 0.3) is 0 Å². The Morgan fingerprint density at radius 3 is 2.00 bits per heavy atom. The minimum atomic E-state index is -4.90. The Labute approximate surface area is 121 Å². The molecule has 2 rings (SSSR count). The van der Waals surface area contributed by atoms with E-state index < -0.39 is 23.9 Å². The van der Waals surface area contributed by atoms with Gasteiger partial charge in [-0.3, -0.25) is 0 Å². The smallest absolute Gasteiger partial charge is 0.404 e. The molecule has 0 fully saturated rings. The quantitative estimate of drug-likeness (QED) is 0.634. The summed E-state index contributed by atoms with van der Waals surface area (Å²) < 4.78 is 78.0. The van der Waals surface area contributed by atoms with Crippen LogP contribution in [0.25, 0.3) is 11.1 Å². The van der Waals surface area contributed by atoms with Crippen molar-refractivity contribution < 1.29 is 31.1 Å². The first-order valence-corrected chi connectivity index (χ1v) is 5.89. The summed E-state index contributed by atoms with van der Waals surface area (Å²) in [4.78, 5) is 0. The van der Waals surface area contributed by atoms with E-state index in [9.17, 15) is 26.3 Å². The van der Waals surface area contributed by atoms with Crippen molar-refractivity contribution in [3.05, 3.63) is 48.0 Å². The van der Waals surface area contributed by atoms with Gasteiger partial charge in [0.15, 0.2) is 5.75 Å². The van der Waals surface area contributed by atoms with Gasteiger partial charge in [0, 0.05) is 0 Å². The van der Waals surface area contributed by atoms with Crippen LogP contribution in [-0.4, -0.2) is 6.36 Å². The van der Waals surface area contributed by atoms with E-state index in [1.54, 1.807) is 0 Å². The monoisotopic (exact) mass is 321 g/mol. The summed E-state index contributed by atoms with van der Waals surface area (Å²) in [6.45, 7) is 0. The Hall–Kier alpha value is -2.38. The van der Waals surface area contributed by atoms with Crippen LogP contribution < -0.4 is 10.5 Å². The standard InChI is InChI=1S/C14H9F6NO/c15-13(16,17)10-3-1-2-8(6-10)9-4-5-12(11(21)7-9)22-14(18,19)20/h1-7H,21H2. The SMILES string of the molecule is Nc1cc(-c2cccc(C(F)(F)F)c2)ccc1OC(F)(F)F. The molecule has 0 aromatic heterocycles. The number of hydrogen-bond acceptors (Lipinski definition) is 2. The number of benzene rings is 2. The first-order valence-electron chi connectivity index (χ1n) is 5.89. The summed E-state index contributed by atoms with van der Waals surface area (Å²) in [5, 5.41) is 0. The van der Waals surface area contributed by atoms with Gasteiger partial charge in [-0.25, -0.2) is 0 Å². The van der Waals surface area contributed by atoms with E-state index >= 15 is 0 Å². The van der Waals surface area contributed by atoms with Crippen molar-refractivity contribution in [1.82, 2.24) is 0 Å². The van der Waals surface area contributed by atoms with Crippen molar-refractivity contribution in [2.24, 2.45) is 0 Å². The van der Waals surface area contributed by atoms with Crippen LogP contribution in [0.15, 0.2) is 42.5 Å². The molecule has 0 saturated heterocycles. The molecule has 0 atom stereocenters. The number of nitrogen functional groups attached to an aromatic ring is 1. The molecule has 0 saturated carbocycles. The van der Waals surface area contributed by atoms with Crippen molar-refractivity contribution in [1.29, 1.82) is 0 Å². The molecule has 0 radical (unpaired) electrons. The molecule has 22 heavy (non-hydrogen) atoms. The number of nitrogens with two attached hydrogens (primary N) is 1. The average Bonchev–Trinajstić information content (AvgIpc) is 2.39. The predicted octanol–water partition coefficient (Wildman–Crippen LogP) is 4.85. The fourth-order valence-electron chi connectivity index (χ4n) is 1.82. The lowest BCUT2D eigenvalue weighted by Crippen LogP contribution is -2.18. The Morgan fingerprint density at radius 1 is 0.818 bits per heavy atom. The van der Waals surface area contributed by atoms with Crippen molar-refractivity contribution in [2.45, 2.75) is 12.5 Å². The number of halogens is 6. The molecule has 0 aliphatic carbocycles. The highest BCUT2D eigenvalue weighted by atomic mass is 19.4. The molecule has 8 heteroatoms. The zero-order valence-electron chi connectivity index (χ0n) is 10.8. The number of hydrogen-bond donors (Lipinski definition) is 1. The summed E-state index contributed by atoms with van der Waals surface area (Å²) >= 11 is 0. The van der Waals surface area contributed by atoms with E-state index in [0.29, 0.717) is 0 Å². The molecule has 2 aromatic carbocycles. The van der Waals surface area contributed by atoms with Gasteiger partial charge in [-0.15, -0.1) is 13.2 Å². The van der Waals surface area contributed by atoms with E-state index in [0.717, 1.165) is 24.3 Å². The average molecular weight is 321 g/mol. The van der Waals surface area contributed by atoms with Gasteiger partial charge in [-0.2, -0.15) is 13.2 Å². The zero-order chi connectivity index (χ0) is 16.5. The normalized spacial score (nSPS) is 12.3. The van der Waals surface area contributed by atoms with Gasteiger partial charge < -0.3 is 10.5 Å². The third-order valence-corrected chi connectivity index (χ3v) is 2.76. The lowest BCUT2D eigenvalue weighted by Gasteiger charge is -2.13. The molecule has 0 spiro atoms. The number of alkyl halides is 6. The van der Waals surface area contributed by atoms with Crippen LogP contribution in [0.2, 0.25) is 0 Å². The maximum absolute atomic E-state index is 12.6. The molecule has 2 aromatic rings. The molecule has 0 amide bonds. The van der Waals surface area contributed by atoms with Crippen molar-refractivity contribution in [3.8, 4) is 16.9 Å². The Balaban J connectivity index is 2.37. The second-order valence-electron chi connectivity index (χ2n) is 4.38. The highest BCUT2D eigenvalue weighted by Gasteiger charge is 2.32. The Kier molecular flexibility index (Phi) is 3.95. The van der Waals surface area contributed by atoms with Gasteiger partial charge in [-0.1, -0.05) is 18.2 Å². The van der Waals surface area contributed by atoms with Crippen LogP contribution in [0.3, 0.4) is 0 Å². The van der Waals surface area contributed by atoms with Gasteiger partial charge in [0.2, 0.25) is 0 Å². The summed E-state index contributed by atoms with van der Waals surface area (Å²) in [5.74, 6) is -0.608. The van der Waals surface area contributed by atoms with Gasteiger partial charge >= 0.3 is 12.5 Å². The molecule has 118 valence electrons. The summed E-state index contributed by atoms with van der Waals surface area (Å²) in [6, 6.07) is 7.66. The minimum Gasteiger partial charge on any atom is -0.404 e. The molecule has 0 heterocycles. The van der Waals surface area contributed by atoms with E-state index in [4.69, 9.17) is 5.73 Å². The lowest BCUT2D eigenvalue weighted by molar-refractivity contribution is -0.274. The Morgan fingerprint density at radius 2 is 1.45 bits per heavy atom. The third-order valence-electron chi connectivity index (χ3n) is 2.76. The van der Waals surface area contributed by atoms with E-state index in [-0.39, 0.29) is 16.8 Å². The molecule has 0 bridgehead atoms. The number of ether oxygens (including phenoxy) is 1. The number of anilines is 1. The van der Waals surface area contributed by atoms with Crippen molar-refractivity contribution in [3.63, 3.8) is 0 Å². The minimum absolute atomic E-state index is 0.181. The highest BCUT2D eigenvalue weighted by Crippen LogP contribution is 2.35. The third kappa shape index (κ3) is 3.84. The fraction of sp³-hybridized carbons (Fsp3) is 0.143. The first-order chi connectivity index (χ1) is 10.1. The molecular weight excluding hydrogens is 312 g/mol. The molecule has 2 nitrogen and oxygen atoms in total. The van der Waals surface area contributed by atoms with Crippen LogP contribution in [0.1, 0.15) is 5.56 Å². The van der Waals surface area contributed by atoms with E-state index in [1.807, 2.05) is 0 Å². The van der Waals surface area contributed by atoms with Crippen LogP contribution in [0, 0.1) is 0 Å². The van der Waals surface area contributed by atoms with E-state index in [1.165, 1.54) is 18.2 Å². The van der Waals surface area contributed by atoms with Crippen LogP contribution in [0.4, 0.5) is 32.0 Å². The molecule has 0 aliphatic rings. The van der Waals surface area contributed by atoms with Crippen molar-refractivity contribution >= 4 is 5.69 Å². The van der Waals surface area contributed by atoms with Crippen LogP contribution in [-0.2, 0) is 6.18 Å². The Bertz CT molecular complexity index is 678. The highest BCUT2D eigenvalue weighted by molar-refractivity contribution is 5.71. The van der Waals surface area contributed by atoms with Gasteiger partial charge in [-0.05, 0) is 35.4 Å². The molecule has 0 aliphatic heterocycles. The van der Waals surface area contributed by atoms with E-state index in [2.05, 4.69) is 4.74 Å². The largest absolute Gasteiger partial charge is 0.573 e. The summed E-state index contributed by atoms with van der Waals surface area (Å²) in [5.41, 5.74) is 4.68. The van der Waals surface area contributed by atoms with Gasteiger partial charge in [0.1, 0.15) is 0 Å². The molecule has 2 N–H and O–H groups in total. The lowest BCUT2D eigenvalue weighted by atomic mass is 10.0. The molecular formula is C14H9F6NO. The van der Waals surface area contributed by atoms with Gasteiger partial charge in [0.05, 0.1) is 11.3 Å². The second kappa shape index (κ2) is 5.43. The van der Waals surface area contributed by atoms with Crippen LogP contribution >= 0.6 is 0 Å². The topological polar surface area (TPSA) is 35.2 Å². The predicted molar refractivity (Wildman–Crippen MR) is 68.0 cm³/mol. The summed E-state index contributed by atoms with van der Waals surface area (Å²) in [6.07, 6.45) is -9.41.